The highest BCUT2D eigenvalue weighted by Crippen LogP contribution is 2.37. The Kier molecular flexibility index (Phi) is 10.9. The number of hydrogen-bond acceptors (Lipinski definition) is 8. The Hall–Kier alpha value is -5.92. The fourth-order valence-corrected chi connectivity index (χ4v) is 5.63. The number of aromatic hydroxyl groups is 1. The van der Waals surface area contributed by atoms with E-state index in [2.05, 4.69) is 10.5 Å². The van der Waals surface area contributed by atoms with Crippen LogP contribution in [0.4, 0.5) is 35.9 Å². The van der Waals surface area contributed by atoms with E-state index in [1.54, 1.807) is 11.9 Å². The maximum Gasteiger partial charge on any atom is 0.416 e. The Balaban J connectivity index is 0.000000198. The molecule has 51 heavy (non-hydrogen) atoms. The number of amides is 1. The van der Waals surface area contributed by atoms with Gasteiger partial charge in [-0.2, -0.15) is 23.4 Å². The number of rotatable bonds is 7. The minimum absolute atomic E-state index is 0.0836. The number of nitrogens with zero attached hydrogens (tertiary/aromatic N) is 5. The summed E-state index contributed by atoms with van der Waals surface area (Å²) in [5.41, 5.74) is 3.81. The van der Waals surface area contributed by atoms with Gasteiger partial charge in [-0.15, -0.1) is 0 Å². The van der Waals surface area contributed by atoms with E-state index in [0.29, 0.717) is 17.8 Å². The lowest BCUT2D eigenvalue weighted by molar-refractivity contribution is -0.385. The van der Waals surface area contributed by atoms with Gasteiger partial charge in [0.1, 0.15) is 11.5 Å². The number of carbonyl (C=O) groups is 1. The lowest BCUT2D eigenvalue weighted by Crippen LogP contribution is -2.27. The number of halogens is 5. The zero-order valence-electron chi connectivity index (χ0n) is 26.8. The second-order valence-corrected chi connectivity index (χ2v) is 11.6. The first kappa shape index (κ1) is 36.4. The molecule has 1 heterocycles. The number of likely N-dealkylation sites (N-methyl/N-ethyl adjacent to an activating group) is 1. The maximum atomic E-state index is 12.9. The molecule has 0 bridgehead atoms. The first-order valence-electron chi connectivity index (χ1n) is 15.0. The van der Waals surface area contributed by atoms with Crippen molar-refractivity contribution in [3.8, 4) is 5.75 Å². The molecule has 0 spiro atoms. The largest absolute Gasteiger partial charge is 0.506 e. The van der Waals surface area contributed by atoms with E-state index >= 15 is 0 Å². The smallest absolute Gasteiger partial charge is 0.416 e. The van der Waals surface area contributed by atoms with E-state index in [1.165, 1.54) is 19.2 Å². The van der Waals surface area contributed by atoms with Crippen LogP contribution in [-0.2, 0) is 11.0 Å². The molecular weight excluding hydrogens is 708 g/mol. The van der Waals surface area contributed by atoms with Crippen LogP contribution in [0.25, 0.3) is 0 Å². The molecule has 5 aromatic rings. The fraction of sp³-hybridized carbons (Fsp3) is 0.0833. The number of alkyl halides is 3. The third-order valence-electron chi connectivity index (χ3n) is 7.51. The predicted octanol–water partition coefficient (Wildman–Crippen LogP) is 8.80. The first-order chi connectivity index (χ1) is 24.3. The van der Waals surface area contributed by atoms with E-state index < -0.39 is 28.1 Å². The van der Waals surface area contributed by atoms with Crippen LogP contribution >= 0.6 is 23.2 Å². The van der Waals surface area contributed by atoms with Gasteiger partial charge in [-0.05, 0) is 54.6 Å². The summed E-state index contributed by atoms with van der Waals surface area (Å²) in [7, 11) is 3.15. The van der Waals surface area contributed by atoms with Crippen LogP contribution in [-0.4, -0.2) is 41.5 Å². The molecule has 1 amide bonds. The highest BCUT2D eigenvalue weighted by molar-refractivity contribution is 6.54. The van der Waals surface area contributed by atoms with Crippen LogP contribution < -0.4 is 15.3 Å². The van der Waals surface area contributed by atoms with Gasteiger partial charge in [0.2, 0.25) is 0 Å². The zero-order chi connectivity index (χ0) is 36.9. The van der Waals surface area contributed by atoms with E-state index in [4.69, 9.17) is 28.3 Å². The quantitative estimate of drug-likeness (QED) is 0.0979. The van der Waals surface area contributed by atoms with Gasteiger partial charge in [0, 0.05) is 36.3 Å². The summed E-state index contributed by atoms with van der Waals surface area (Å²) >= 11 is 11.7. The number of para-hydroxylation sites is 3. The summed E-state index contributed by atoms with van der Waals surface area (Å²) in [4.78, 5) is 24.7. The van der Waals surface area contributed by atoms with Gasteiger partial charge in [-0.25, -0.2) is 5.01 Å². The lowest BCUT2D eigenvalue weighted by atomic mass is 9.98. The summed E-state index contributed by atoms with van der Waals surface area (Å²) in [5, 5.41) is 31.8. The number of phenolic OH excluding ortho intramolecular Hbond substituents is 1. The molecule has 10 nitrogen and oxygen atoms in total. The van der Waals surface area contributed by atoms with E-state index in [9.17, 15) is 33.2 Å². The number of nitro groups is 1. The van der Waals surface area contributed by atoms with Crippen molar-refractivity contribution in [1.82, 2.24) is 5.43 Å². The Morgan fingerprint density at radius 2 is 1.47 bits per heavy atom. The second-order valence-electron chi connectivity index (χ2n) is 10.8. The van der Waals surface area contributed by atoms with E-state index in [-0.39, 0.29) is 32.8 Å². The number of carbonyl (C=O) groups excluding carboxylic acids is 1. The molecule has 0 saturated carbocycles. The van der Waals surface area contributed by atoms with Gasteiger partial charge in [0.05, 0.1) is 38.1 Å². The fourth-order valence-electron chi connectivity index (χ4n) is 5.13. The molecule has 2 N–H and O–H groups in total. The zero-order valence-corrected chi connectivity index (χ0v) is 28.3. The molecule has 1 aliphatic rings. The molecule has 0 saturated heterocycles. The molecule has 0 aliphatic carbocycles. The van der Waals surface area contributed by atoms with Crippen LogP contribution in [0.1, 0.15) is 22.3 Å². The van der Waals surface area contributed by atoms with Crippen molar-refractivity contribution in [2.75, 3.05) is 24.0 Å². The molecule has 6 rings (SSSR count). The number of anilines is 3. The van der Waals surface area contributed by atoms with Crippen LogP contribution in [0.5, 0.6) is 5.75 Å². The van der Waals surface area contributed by atoms with Gasteiger partial charge in [0.15, 0.2) is 5.71 Å². The van der Waals surface area contributed by atoms with Gasteiger partial charge in [0.25, 0.3) is 11.6 Å². The monoisotopic (exact) mass is 734 g/mol. The minimum Gasteiger partial charge on any atom is -0.506 e. The Morgan fingerprint density at radius 3 is 2.04 bits per heavy atom. The summed E-state index contributed by atoms with van der Waals surface area (Å²) in [6.45, 7) is 0. The molecule has 0 unspecified atom stereocenters. The van der Waals surface area contributed by atoms with Crippen molar-refractivity contribution in [3.05, 3.63) is 158 Å². The topological polar surface area (TPSA) is 124 Å². The van der Waals surface area contributed by atoms with Crippen molar-refractivity contribution in [2.24, 2.45) is 10.2 Å². The van der Waals surface area contributed by atoms with Gasteiger partial charge in [-0.3, -0.25) is 14.9 Å². The van der Waals surface area contributed by atoms with Crippen LogP contribution in [0, 0.1) is 10.1 Å². The van der Waals surface area contributed by atoms with Crippen LogP contribution in [0.2, 0.25) is 10.0 Å². The van der Waals surface area contributed by atoms with Crippen molar-refractivity contribution < 1.29 is 28.0 Å². The number of fused-ring (bicyclic) bond motifs is 1. The Morgan fingerprint density at radius 1 is 0.882 bits per heavy atom. The minimum atomic E-state index is -4.76. The molecule has 0 radical (unpaired) electrons. The molecule has 1 aliphatic heterocycles. The van der Waals surface area contributed by atoms with Gasteiger partial charge >= 0.3 is 6.18 Å². The lowest BCUT2D eigenvalue weighted by Gasteiger charge is -2.20. The number of hydrazone groups is 2. The van der Waals surface area contributed by atoms with Crippen LogP contribution in [0.3, 0.4) is 0 Å². The maximum absolute atomic E-state index is 12.9. The summed E-state index contributed by atoms with van der Waals surface area (Å²) in [5.74, 6) is -0.572. The number of hydrogen-bond donors (Lipinski definition) is 2. The highest BCUT2D eigenvalue weighted by Gasteiger charge is 2.35. The summed E-state index contributed by atoms with van der Waals surface area (Å²) in [6, 6.07) is 31.8. The SMILES string of the molecule is CN1C(=O)C(=NN(c2ccccc2)c2ccccc2)c2ccccc21.CNN=C(c1ccc(C(F)(F)F)cc1[N+](=O)[O-])c1cc(Cl)cc(Cl)c1O. The second kappa shape index (κ2) is 15.3. The average Bonchev–Trinajstić information content (AvgIpc) is 3.36. The van der Waals surface area contributed by atoms with Crippen molar-refractivity contribution in [1.29, 1.82) is 0 Å². The Labute approximate surface area is 299 Å². The average molecular weight is 736 g/mol. The van der Waals surface area contributed by atoms with Crippen molar-refractivity contribution >= 4 is 63.3 Å². The van der Waals surface area contributed by atoms with Gasteiger partial charge < -0.3 is 15.4 Å². The molecular formula is C36H27Cl2F3N6O4. The molecule has 0 fully saturated rings. The normalized spacial score (nSPS) is 13.4. The summed E-state index contributed by atoms with van der Waals surface area (Å²) < 4.78 is 38.6. The number of phenols is 1. The number of nitrogens with one attached hydrogen (secondary N) is 1. The van der Waals surface area contributed by atoms with E-state index in [0.717, 1.165) is 28.7 Å². The molecule has 0 atom stereocenters. The third-order valence-corrected chi connectivity index (χ3v) is 8.02. The third kappa shape index (κ3) is 7.95. The summed E-state index contributed by atoms with van der Waals surface area (Å²) in [6.07, 6.45) is -4.76. The first-order valence-corrected chi connectivity index (χ1v) is 15.7. The molecule has 260 valence electrons. The number of nitro benzene ring substituents is 1. The molecule has 5 aromatic carbocycles. The van der Waals surface area contributed by atoms with Crippen molar-refractivity contribution in [3.63, 3.8) is 0 Å². The van der Waals surface area contributed by atoms with Crippen LogP contribution in [0.15, 0.2) is 125 Å². The predicted molar refractivity (Wildman–Crippen MR) is 192 cm³/mol. The van der Waals surface area contributed by atoms with Crippen molar-refractivity contribution in [2.45, 2.75) is 6.18 Å². The van der Waals surface area contributed by atoms with E-state index in [1.807, 2.05) is 89.9 Å². The standard InChI is InChI=1S/C21H17N3O.C15H10Cl2F3N3O3/c1-23-19-15-9-8-14-18(19)20(21(23)25)22-24(16-10-4-2-5-11-16)17-12-6-3-7-13-17;1-21-22-13(10-5-8(16)6-11(17)14(10)24)9-3-2-7(15(18,19)20)4-12(9)23(25)26/h2-15H,1H3;2-6,21,24H,1H3. The highest BCUT2D eigenvalue weighted by atomic mass is 35.5. The van der Waals surface area contributed by atoms with Gasteiger partial charge in [-0.1, -0.05) is 77.8 Å². The molecule has 0 aromatic heterocycles. The molecule has 15 heteroatoms. The number of benzene rings is 5. The Bertz CT molecular complexity index is 2110.